The molecule has 5 nitrogen and oxygen atoms in total. The summed E-state index contributed by atoms with van der Waals surface area (Å²) in [6.45, 7) is 1.73. The quantitative estimate of drug-likeness (QED) is 0.647. The van der Waals surface area contributed by atoms with E-state index in [9.17, 15) is 9.59 Å². The summed E-state index contributed by atoms with van der Waals surface area (Å²) in [7, 11) is 0. The number of amides is 1. The van der Waals surface area contributed by atoms with Crippen LogP contribution in [-0.4, -0.2) is 34.7 Å². The monoisotopic (exact) mass is 243 g/mol. The van der Waals surface area contributed by atoms with Gasteiger partial charge in [-0.25, -0.2) is 4.79 Å². The first kappa shape index (κ1) is 14.0. The molecular weight excluding hydrogens is 222 g/mol. The lowest BCUT2D eigenvalue weighted by atomic mass is 9.82. The third kappa shape index (κ3) is 3.19. The Balaban J connectivity index is 2.65. The van der Waals surface area contributed by atoms with E-state index in [0.717, 1.165) is 32.1 Å². The van der Waals surface area contributed by atoms with Gasteiger partial charge in [-0.3, -0.25) is 4.79 Å². The van der Waals surface area contributed by atoms with Crippen molar-refractivity contribution in [2.75, 3.05) is 6.61 Å². The van der Waals surface area contributed by atoms with Crippen molar-refractivity contribution >= 4 is 11.9 Å². The molecule has 0 saturated heterocycles. The Labute approximate surface area is 101 Å². The molecule has 0 radical (unpaired) electrons. The number of carbonyl (C=O) groups excluding carboxylic acids is 1. The third-order valence-corrected chi connectivity index (χ3v) is 3.74. The molecule has 0 heterocycles. The molecule has 1 rings (SSSR count). The van der Waals surface area contributed by atoms with E-state index in [1.54, 1.807) is 0 Å². The molecule has 1 aliphatic carbocycles. The van der Waals surface area contributed by atoms with Gasteiger partial charge < -0.3 is 15.5 Å². The predicted octanol–water partition coefficient (Wildman–Crippen LogP) is 0.909. The molecule has 3 N–H and O–H groups in total. The van der Waals surface area contributed by atoms with Crippen molar-refractivity contribution in [3.63, 3.8) is 0 Å². The van der Waals surface area contributed by atoms with E-state index < -0.39 is 12.0 Å². The summed E-state index contributed by atoms with van der Waals surface area (Å²) in [5, 5.41) is 20.3. The number of hydrogen-bond donors (Lipinski definition) is 3. The number of aliphatic hydroxyl groups is 1. The van der Waals surface area contributed by atoms with Crippen LogP contribution < -0.4 is 5.32 Å². The number of rotatable bonds is 6. The zero-order chi connectivity index (χ0) is 12.9. The Kier molecular flexibility index (Phi) is 4.93. The molecule has 0 aromatic heterocycles. The summed E-state index contributed by atoms with van der Waals surface area (Å²) in [6, 6.07) is -0.975. The average Bonchev–Trinajstić information content (AvgIpc) is 2.78. The fraction of sp³-hybridized carbons (Fsp3) is 0.833. The zero-order valence-corrected chi connectivity index (χ0v) is 10.2. The van der Waals surface area contributed by atoms with Gasteiger partial charge in [-0.05, 0) is 19.3 Å². The minimum atomic E-state index is -1.09. The standard InChI is InChI=1S/C12H21NO4/c1-2-12(6-3-4-7-12)11(17)13-9(5-8-14)10(15)16/h9,14H,2-8H2,1H3,(H,13,17)(H,15,16)/t9-/m1/s1. The third-order valence-electron chi connectivity index (χ3n) is 3.74. The topological polar surface area (TPSA) is 86.6 Å². The van der Waals surface area contributed by atoms with E-state index in [1.807, 2.05) is 6.92 Å². The summed E-state index contributed by atoms with van der Waals surface area (Å²) in [5.74, 6) is -1.25. The van der Waals surface area contributed by atoms with Crippen molar-refractivity contribution in [3.05, 3.63) is 0 Å². The Morgan fingerprint density at radius 2 is 1.94 bits per heavy atom. The van der Waals surface area contributed by atoms with Gasteiger partial charge in [-0.1, -0.05) is 19.8 Å². The fourth-order valence-corrected chi connectivity index (χ4v) is 2.49. The van der Waals surface area contributed by atoms with Gasteiger partial charge in [-0.15, -0.1) is 0 Å². The molecule has 0 unspecified atom stereocenters. The van der Waals surface area contributed by atoms with Gasteiger partial charge in [0.15, 0.2) is 0 Å². The lowest BCUT2D eigenvalue weighted by molar-refractivity contribution is -0.144. The first-order valence-corrected chi connectivity index (χ1v) is 6.20. The maximum absolute atomic E-state index is 12.1. The van der Waals surface area contributed by atoms with E-state index in [-0.39, 0.29) is 24.3 Å². The lowest BCUT2D eigenvalue weighted by Gasteiger charge is -2.27. The minimum Gasteiger partial charge on any atom is -0.480 e. The van der Waals surface area contributed by atoms with Gasteiger partial charge in [0.1, 0.15) is 6.04 Å². The molecule has 1 atom stereocenters. The van der Waals surface area contributed by atoms with Crippen LogP contribution in [0.3, 0.4) is 0 Å². The average molecular weight is 243 g/mol. The van der Waals surface area contributed by atoms with E-state index in [0.29, 0.717) is 0 Å². The molecule has 1 saturated carbocycles. The van der Waals surface area contributed by atoms with Crippen molar-refractivity contribution in [2.45, 2.75) is 51.5 Å². The zero-order valence-electron chi connectivity index (χ0n) is 10.2. The number of nitrogens with one attached hydrogen (secondary N) is 1. The van der Waals surface area contributed by atoms with Crippen molar-refractivity contribution in [1.29, 1.82) is 0 Å². The van der Waals surface area contributed by atoms with Crippen LogP contribution in [0.4, 0.5) is 0 Å². The fourth-order valence-electron chi connectivity index (χ4n) is 2.49. The van der Waals surface area contributed by atoms with Crippen LogP contribution in [0.2, 0.25) is 0 Å². The van der Waals surface area contributed by atoms with E-state index in [4.69, 9.17) is 10.2 Å². The highest BCUT2D eigenvalue weighted by Gasteiger charge is 2.40. The molecular formula is C12H21NO4. The van der Waals surface area contributed by atoms with Crippen molar-refractivity contribution in [3.8, 4) is 0 Å². The summed E-state index contributed by atoms with van der Waals surface area (Å²) in [5.41, 5.74) is -0.386. The second-order valence-corrected chi connectivity index (χ2v) is 4.72. The Morgan fingerprint density at radius 3 is 2.35 bits per heavy atom. The van der Waals surface area contributed by atoms with E-state index in [1.165, 1.54) is 0 Å². The summed E-state index contributed by atoms with van der Waals surface area (Å²) < 4.78 is 0. The highest BCUT2D eigenvalue weighted by Crippen LogP contribution is 2.41. The molecule has 0 spiro atoms. The largest absolute Gasteiger partial charge is 0.480 e. The molecule has 0 aliphatic heterocycles. The van der Waals surface area contributed by atoms with Crippen LogP contribution in [0.15, 0.2) is 0 Å². The second-order valence-electron chi connectivity index (χ2n) is 4.72. The van der Waals surface area contributed by atoms with Crippen molar-refractivity contribution in [1.82, 2.24) is 5.32 Å². The molecule has 1 aliphatic rings. The Morgan fingerprint density at radius 1 is 1.35 bits per heavy atom. The van der Waals surface area contributed by atoms with E-state index in [2.05, 4.69) is 5.32 Å². The van der Waals surface area contributed by atoms with Crippen LogP contribution in [0.25, 0.3) is 0 Å². The first-order valence-electron chi connectivity index (χ1n) is 6.20. The molecule has 5 heteroatoms. The SMILES string of the molecule is CCC1(C(=O)N[C@H](CCO)C(=O)O)CCCC1. The van der Waals surface area contributed by atoms with Crippen LogP contribution in [-0.2, 0) is 9.59 Å². The molecule has 0 aromatic carbocycles. The van der Waals surface area contributed by atoms with E-state index >= 15 is 0 Å². The normalized spacial score (nSPS) is 19.9. The van der Waals surface area contributed by atoms with Gasteiger partial charge in [0.05, 0.1) is 0 Å². The molecule has 1 fully saturated rings. The van der Waals surface area contributed by atoms with Crippen molar-refractivity contribution in [2.24, 2.45) is 5.41 Å². The van der Waals surface area contributed by atoms with Gasteiger partial charge in [0.2, 0.25) is 5.91 Å². The Hall–Kier alpha value is -1.10. The first-order chi connectivity index (χ1) is 8.05. The molecule has 17 heavy (non-hydrogen) atoms. The number of carboxylic acid groups (broad SMARTS) is 1. The summed E-state index contributed by atoms with van der Waals surface area (Å²) in [4.78, 5) is 23.0. The maximum Gasteiger partial charge on any atom is 0.326 e. The second kappa shape index (κ2) is 6.00. The van der Waals surface area contributed by atoms with Crippen LogP contribution >= 0.6 is 0 Å². The highest BCUT2D eigenvalue weighted by molar-refractivity contribution is 5.87. The van der Waals surface area contributed by atoms with Gasteiger partial charge in [-0.2, -0.15) is 0 Å². The minimum absolute atomic E-state index is 0.0564. The number of hydrogen-bond acceptors (Lipinski definition) is 3. The molecule has 0 aromatic rings. The molecule has 0 bridgehead atoms. The maximum atomic E-state index is 12.1. The highest BCUT2D eigenvalue weighted by atomic mass is 16.4. The van der Waals surface area contributed by atoms with Crippen LogP contribution in [0.1, 0.15) is 45.4 Å². The van der Waals surface area contributed by atoms with Crippen LogP contribution in [0, 0.1) is 5.41 Å². The van der Waals surface area contributed by atoms with Gasteiger partial charge >= 0.3 is 5.97 Å². The Bertz CT molecular complexity index is 284. The van der Waals surface area contributed by atoms with Gasteiger partial charge in [0.25, 0.3) is 0 Å². The summed E-state index contributed by atoms with van der Waals surface area (Å²) >= 11 is 0. The molecule has 98 valence electrons. The number of aliphatic carboxylic acids is 1. The summed E-state index contributed by atoms with van der Waals surface area (Å²) in [6.07, 6.45) is 4.52. The predicted molar refractivity (Wildman–Crippen MR) is 62.5 cm³/mol. The van der Waals surface area contributed by atoms with Gasteiger partial charge in [0, 0.05) is 18.4 Å². The molecule has 1 amide bonds. The number of carboxylic acids is 1. The number of aliphatic hydroxyl groups excluding tert-OH is 1. The van der Waals surface area contributed by atoms with Crippen LogP contribution in [0.5, 0.6) is 0 Å². The lowest BCUT2D eigenvalue weighted by Crippen LogP contribution is -2.47. The number of carbonyl (C=O) groups is 2. The van der Waals surface area contributed by atoms with Crippen molar-refractivity contribution < 1.29 is 19.8 Å². The smallest absolute Gasteiger partial charge is 0.326 e.